The molecule has 0 unspecified atom stereocenters. The summed E-state index contributed by atoms with van der Waals surface area (Å²) in [7, 11) is 0. The first-order valence-corrected chi connectivity index (χ1v) is 8.06. The maximum atomic E-state index is 12.3. The predicted molar refractivity (Wildman–Crippen MR) is 84.7 cm³/mol. The van der Waals surface area contributed by atoms with Crippen LogP contribution in [-0.2, 0) is 12.8 Å². The molecule has 0 fully saturated rings. The van der Waals surface area contributed by atoms with Crippen molar-refractivity contribution in [2.45, 2.75) is 31.1 Å². The summed E-state index contributed by atoms with van der Waals surface area (Å²) in [6, 6.07) is 14.5. The van der Waals surface area contributed by atoms with E-state index in [2.05, 4.69) is 18.2 Å². The van der Waals surface area contributed by atoms with Gasteiger partial charge in [0, 0.05) is 10.5 Å². The SMILES string of the molecule is Cc1ccccc1C(=O)CSc1ccc2c(c1)CCC2. The fourth-order valence-corrected chi connectivity index (χ4v) is 3.59. The summed E-state index contributed by atoms with van der Waals surface area (Å²) >= 11 is 1.65. The Morgan fingerprint density at radius 2 is 1.90 bits per heavy atom. The number of carbonyl (C=O) groups is 1. The largest absolute Gasteiger partial charge is 0.293 e. The molecule has 0 spiro atoms. The number of carbonyl (C=O) groups excluding carboxylic acids is 1. The Labute approximate surface area is 124 Å². The van der Waals surface area contributed by atoms with E-state index in [1.54, 1.807) is 11.8 Å². The lowest BCUT2D eigenvalue weighted by Crippen LogP contribution is -2.04. The summed E-state index contributed by atoms with van der Waals surface area (Å²) in [4.78, 5) is 13.5. The van der Waals surface area contributed by atoms with Crippen molar-refractivity contribution in [2.75, 3.05) is 5.75 Å². The summed E-state index contributed by atoms with van der Waals surface area (Å²) in [5.74, 6) is 0.734. The van der Waals surface area contributed by atoms with E-state index < -0.39 is 0 Å². The molecule has 0 saturated heterocycles. The molecule has 0 heterocycles. The van der Waals surface area contributed by atoms with Crippen LogP contribution >= 0.6 is 11.8 Å². The van der Waals surface area contributed by atoms with Crippen LogP contribution in [0.5, 0.6) is 0 Å². The van der Waals surface area contributed by atoms with Gasteiger partial charge >= 0.3 is 0 Å². The van der Waals surface area contributed by atoms with Crippen molar-refractivity contribution in [1.29, 1.82) is 0 Å². The van der Waals surface area contributed by atoms with E-state index in [1.165, 1.54) is 35.3 Å². The molecule has 0 bridgehead atoms. The molecule has 1 aliphatic rings. The predicted octanol–water partition coefficient (Wildman–Crippen LogP) is 4.46. The van der Waals surface area contributed by atoms with Gasteiger partial charge in [-0.3, -0.25) is 4.79 Å². The number of thioether (sulfide) groups is 1. The number of rotatable bonds is 4. The van der Waals surface area contributed by atoms with Gasteiger partial charge in [0.15, 0.2) is 5.78 Å². The molecule has 0 N–H and O–H groups in total. The first-order chi connectivity index (χ1) is 9.74. The zero-order valence-electron chi connectivity index (χ0n) is 11.7. The molecule has 1 nitrogen and oxygen atoms in total. The molecule has 0 radical (unpaired) electrons. The maximum Gasteiger partial charge on any atom is 0.173 e. The van der Waals surface area contributed by atoms with Crippen molar-refractivity contribution in [3.8, 4) is 0 Å². The standard InChI is InChI=1S/C18H18OS/c1-13-5-2-3-8-17(13)18(19)12-20-16-10-9-14-6-4-7-15(14)11-16/h2-3,5,8-11H,4,6-7,12H2,1H3. The fourth-order valence-electron chi connectivity index (χ4n) is 2.75. The number of fused-ring (bicyclic) bond motifs is 1. The smallest absolute Gasteiger partial charge is 0.173 e. The molecule has 0 amide bonds. The minimum atomic E-state index is 0.216. The Kier molecular flexibility index (Phi) is 3.93. The quantitative estimate of drug-likeness (QED) is 0.608. The number of Topliss-reactive ketones (excluding diaryl/α,β-unsaturated/α-hetero) is 1. The van der Waals surface area contributed by atoms with E-state index in [0.29, 0.717) is 5.75 Å². The highest BCUT2D eigenvalue weighted by Crippen LogP contribution is 2.28. The molecule has 1 aliphatic carbocycles. The Morgan fingerprint density at radius 3 is 2.75 bits per heavy atom. The van der Waals surface area contributed by atoms with Gasteiger partial charge in [-0.2, -0.15) is 0 Å². The lowest BCUT2D eigenvalue weighted by Gasteiger charge is -2.06. The Bertz CT molecular complexity index is 646. The van der Waals surface area contributed by atoms with Gasteiger partial charge in [0.2, 0.25) is 0 Å². The van der Waals surface area contributed by atoms with Crippen LogP contribution < -0.4 is 0 Å². The lowest BCUT2D eigenvalue weighted by molar-refractivity contribution is 0.102. The molecule has 2 aromatic carbocycles. The van der Waals surface area contributed by atoms with Gasteiger partial charge in [0.05, 0.1) is 5.75 Å². The van der Waals surface area contributed by atoms with Gasteiger partial charge in [0.25, 0.3) is 0 Å². The topological polar surface area (TPSA) is 17.1 Å². The van der Waals surface area contributed by atoms with E-state index in [1.807, 2.05) is 31.2 Å². The Morgan fingerprint density at radius 1 is 1.10 bits per heavy atom. The molecule has 0 saturated carbocycles. The highest BCUT2D eigenvalue weighted by molar-refractivity contribution is 8.00. The third-order valence-corrected chi connectivity index (χ3v) is 4.88. The van der Waals surface area contributed by atoms with Crippen molar-refractivity contribution in [3.63, 3.8) is 0 Å². The molecule has 0 atom stereocenters. The second-order valence-electron chi connectivity index (χ2n) is 5.31. The van der Waals surface area contributed by atoms with Crippen LogP contribution in [0, 0.1) is 6.92 Å². The van der Waals surface area contributed by atoms with Crippen molar-refractivity contribution in [1.82, 2.24) is 0 Å². The fraction of sp³-hybridized carbons (Fsp3) is 0.278. The van der Waals surface area contributed by atoms with Crippen molar-refractivity contribution in [2.24, 2.45) is 0 Å². The van der Waals surface area contributed by atoms with Gasteiger partial charge in [0.1, 0.15) is 0 Å². The molecule has 102 valence electrons. The van der Waals surface area contributed by atoms with Gasteiger partial charge in [-0.05, 0) is 55.0 Å². The Balaban J connectivity index is 1.68. The van der Waals surface area contributed by atoms with Crippen LogP contribution in [-0.4, -0.2) is 11.5 Å². The van der Waals surface area contributed by atoms with Crippen molar-refractivity contribution < 1.29 is 4.79 Å². The summed E-state index contributed by atoms with van der Waals surface area (Å²) in [6.45, 7) is 1.99. The first kappa shape index (κ1) is 13.4. The molecular formula is C18H18OS. The van der Waals surface area contributed by atoms with Crippen LogP contribution in [0.15, 0.2) is 47.4 Å². The van der Waals surface area contributed by atoms with Crippen LogP contribution in [0.4, 0.5) is 0 Å². The van der Waals surface area contributed by atoms with Crippen molar-refractivity contribution >= 4 is 17.5 Å². The highest BCUT2D eigenvalue weighted by Gasteiger charge is 2.12. The van der Waals surface area contributed by atoms with Gasteiger partial charge < -0.3 is 0 Å². The third kappa shape index (κ3) is 2.80. The van der Waals surface area contributed by atoms with E-state index in [9.17, 15) is 4.79 Å². The summed E-state index contributed by atoms with van der Waals surface area (Å²) in [5, 5.41) is 0. The van der Waals surface area contributed by atoms with Crippen LogP contribution in [0.2, 0.25) is 0 Å². The third-order valence-electron chi connectivity index (χ3n) is 3.89. The maximum absolute atomic E-state index is 12.3. The lowest BCUT2D eigenvalue weighted by atomic mass is 10.1. The molecule has 0 aliphatic heterocycles. The number of benzene rings is 2. The zero-order valence-corrected chi connectivity index (χ0v) is 12.5. The Hall–Kier alpha value is -1.54. The van der Waals surface area contributed by atoms with Gasteiger partial charge in [-0.15, -0.1) is 11.8 Å². The minimum Gasteiger partial charge on any atom is -0.293 e. The van der Waals surface area contributed by atoms with Crippen LogP contribution in [0.1, 0.15) is 33.5 Å². The number of hydrogen-bond donors (Lipinski definition) is 0. The van der Waals surface area contributed by atoms with E-state index in [0.717, 1.165) is 11.1 Å². The normalized spacial score (nSPS) is 13.2. The summed E-state index contributed by atoms with van der Waals surface area (Å²) in [6.07, 6.45) is 3.67. The number of aryl methyl sites for hydroxylation is 3. The second kappa shape index (κ2) is 5.84. The zero-order chi connectivity index (χ0) is 13.9. The molecule has 2 heteroatoms. The van der Waals surface area contributed by atoms with Gasteiger partial charge in [-0.25, -0.2) is 0 Å². The molecule has 2 aromatic rings. The summed E-state index contributed by atoms with van der Waals surface area (Å²) in [5.41, 5.74) is 4.87. The molecule has 0 aromatic heterocycles. The first-order valence-electron chi connectivity index (χ1n) is 7.07. The summed E-state index contributed by atoms with van der Waals surface area (Å²) < 4.78 is 0. The average Bonchev–Trinajstić information content (AvgIpc) is 2.92. The second-order valence-corrected chi connectivity index (χ2v) is 6.36. The van der Waals surface area contributed by atoms with E-state index in [-0.39, 0.29) is 5.78 Å². The van der Waals surface area contributed by atoms with Crippen molar-refractivity contribution in [3.05, 3.63) is 64.7 Å². The van der Waals surface area contributed by atoms with Gasteiger partial charge in [-0.1, -0.05) is 30.3 Å². The average molecular weight is 282 g/mol. The van der Waals surface area contributed by atoms with Crippen LogP contribution in [0.3, 0.4) is 0 Å². The minimum absolute atomic E-state index is 0.216. The van der Waals surface area contributed by atoms with Crippen LogP contribution in [0.25, 0.3) is 0 Å². The number of hydrogen-bond acceptors (Lipinski definition) is 2. The van der Waals surface area contributed by atoms with E-state index >= 15 is 0 Å². The molecular weight excluding hydrogens is 264 g/mol. The highest BCUT2D eigenvalue weighted by atomic mass is 32.2. The van der Waals surface area contributed by atoms with E-state index in [4.69, 9.17) is 0 Å². The molecule has 20 heavy (non-hydrogen) atoms. The number of ketones is 1. The molecule has 3 rings (SSSR count). The monoisotopic (exact) mass is 282 g/mol.